The summed E-state index contributed by atoms with van der Waals surface area (Å²) in [5.74, 6) is -0.619. The van der Waals surface area contributed by atoms with Crippen molar-refractivity contribution in [3.05, 3.63) is 35.4 Å². The molecule has 1 aromatic rings. The zero-order valence-electron chi connectivity index (χ0n) is 16.1. The maximum Gasteiger partial charge on any atom is 0.222 e. The molecule has 2 saturated heterocycles. The van der Waals surface area contributed by atoms with Crippen molar-refractivity contribution >= 4 is 5.91 Å². The summed E-state index contributed by atoms with van der Waals surface area (Å²) < 4.78 is 26.7. The molecule has 0 N–H and O–H groups in total. The summed E-state index contributed by atoms with van der Waals surface area (Å²) in [5, 5.41) is 0. The van der Waals surface area contributed by atoms with Gasteiger partial charge in [-0.3, -0.25) is 9.69 Å². The maximum absolute atomic E-state index is 13.5. The second-order valence-corrected chi connectivity index (χ2v) is 8.98. The van der Waals surface area contributed by atoms with Crippen LogP contribution in [0.4, 0.5) is 8.78 Å². The Bertz CT molecular complexity index is 689. The molecular weight excluding hydrogens is 346 g/mol. The molecule has 3 fully saturated rings. The Balaban J connectivity index is 1.34. The van der Waals surface area contributed by atoms with Gasteiger partial charge >= 0.3 is 0 Å². The number of hydrogen-bond acceptors (Lipinski definition) is 2. The lowest BCUT2D eigenvalue weighted by Crippen LogP contribution is -2.45. The third-order valence-corrected chi connectivity index (χ3v) is 6.86. The van der Waals surface area contributed by atoms with Gasteiger partial charge in [0.05, 0.1) is 0 Å². The lowest BCUT2D eigenvalue weighted by atomic mass is 9.79. The van der Waals surface area contributed by atoms with Gasteiger partial charge < -0.3 is 4.90 Å². The monoisotopic (exact) mass is 376 g/mol. The number of benzene rings is 1. The van der Waals surface area contributed by atoms with E-state index in [1.165, 1.54) is 37.8 Å². The summed E-state index contributed by atoms with van der Waals surface area (Å²) in [6, 6.07) is 4.19. The molecule has 3 nitrogen and oxygen atoms in total. The number of piperidine rings is 1. The topological polar surface area (TPSA) is 23.6 Å². The van der Waals surface area contributed by atoms with Crippen molar-refractivity contribution in [1.29, 1.82) is 0 Å². The highest BCUT2D eigenvalue weighted by atomic mass is 19.2. The normalized spacial score (nSPS) is 27.0. The van der Waals surface area contributed by atoms with Crippen LogP contribution in [-0.4, -0.2) is 41.9 Å². The Kier molecular flexibility index (Phi) is 5.49. The van der Waals surface area contributed by atoms with Crippen molar-refractivity contribution in [2.45, 2.75) is 57.9 Å². The highest BCUT2D eigenvalue weighted by Gasteiger charge is 2.42. The zero-order valence-corrected chi connectivity index (χ0v) is 16.1. The maximum atomic E-state index is 13.5. The predicted molar refractivity (Wildman–Crippen MR) is 101 cm³/mol. The molecule has 2 heterocycles. The third-order valence-electron chi connectivity index (χ3n) is 6.86. The van der Waals surface area contributed by atoms with Crippen molar-refractivity contribution in [3.8, 4) is 0 Å². The van der Waals surface area contributed by atoms with E-state index >= 15 is 0 Å². The van der Waals surface area contributed by atoms with E-state index in [1.54, 1.807) is 6.07 Å². The second-order valence-electron chi connectivity index (χ2n) is 8.98. The highest BCUT2D eigenvalue weighted by molar-refractivity contribution is 5.76. The molecule has 0 aromatic heterocycles. The van der Waals surface area contributed by atoms with Crippen LogP contribution in [0.25, 0.3) is 0 Å². The van der Waals surface area contributed by atoms with Gasteiger partial charge in [0.15, 0.2) is 11.6 Å². The summed E-state index contributed by atoms with van der Waals surface area (Å²) in [6.07, 6.45) is 9.05. The van der Waals surface area contributed by atoms with Crippen LogP contribution in [0.1, 0.15) is 56.9 Å². The van der Waals surface area contributed by atoms with E-state index in [2.05, 4.69) is 9.80 Å². The molecule has 1 saturated carbocycles. The first-order valence-corrected chi connectivity index (χ1v) is 10.5. The van der Waals surface area contributed by atoms with Crippen LogP contribution in [0, 0.1) is 23.0 Å². The Morgan fingerprint density at radius 2 is 1.85 bits per heavy atom. The van der Waals surface area contributed by atoms with Gasteiger partial charge in [-0.2, -0.15) is 0 Å². The number of nitrogens with zero attached hydrogens (tertiary/aromatic N) is 2. The molecule has 1 unspecified atom stereocenters. The first-order chi connectivity index (χ1) is 13.0. The fraction of sp³-hybridized carbons (Fsp3) is 0.682. The Morgan fingerprint density at radius 3 is 2.63 bits per heavy atom. The van der Waals surface area contributed by atoms with E-state index in [9.17, 15) is 13.6 Å². The number of likely N-dealkylation sites (tertiary alicyclic amines) is 2. The van der Waals surface area contributed by atoms with Gasteiger partial charge in [-0.25, -0.2) is 8.78 Å². The predicted octanol–water partition coefficient (Wildman–Crippen LogP) is 4.36. The molecule has 1 aliphatic carbocycles. The molecule has 0 radical (unpaired) electrons. The van der Waals surface area contributed by atoms with Crippen molar-refractivity contribution < 1.29 is 13.6 Å². The van der Waals surface area contributed by atoms with Gasteiger partial charge in [-0.1, -0.05) is 18.9 Å². The summed E-state index contributed by atoms with van der Waals surface area (Å²) in [6.45, 7) is 4.32. The van der Waals surface area contributed by atoms with E-state index in [1.807, 2.05) is 0 Å². The van der Waals surface area contributed by atoms with Gasteiger partial charge in [-0.05, 0) is 62.3 Å². The largest absolute Gasteiger partial charge is 0.342 e. The molecule has 5 heteroatoms. The summed E-state index contributed by atoms with van der Waals surface area (Å²) in [4.78, 5) is 17.1. The first kappa shape index (κ1) is 18.9. The Morgan fingerprint density at radius 1 is 1.04 bits per heavy atom. The zero-order chi connectivity index (χ0) is 18.9. The number of carbonyl (C=O) groups excluding carboxylic acids is 1. The molecule has 1 aromatic carbocycles. The van der Waals surface area contributed by atoms with Crippen LogP contribution < -0.4 is 0 Å². The first-order valence-electron chi connectivity index (χ1n) is 10.5. The SMILES string of the molecule is O=C(CC1CCCC1)N1CCC2(CCCN(Cc3ccc(F)c(F)c3)C2)C1. The molecule has 1 atom stereocenters. The minimum atomic E-state index is -0.791. The van der Waals surface area contributed by atoms with E-state index < -0.39 is 11.6 Å². The molecule has 4 rings (SSSR count). The van der Waals surface area contributed by atoms with Crippen molar-refractivity contribution in [3.63, 3.8) is 0 Å². The van der Waals surface area contributed by atoms with E-state index in [4.69, 9.17) is 0 Å². The fourth-order valence-corrected chi connectivity index (χ4v) is 5.41. The van der Waals surface area contributed by atoms with Crippen LogP contribution in [0.15, 0.2) is 18.2 Å². The minimum Gasteiger partial charge on any atom is -0.342 e. The van der Waals surface area contributed by atoms with Crippen molar-refractivity contribution in [2.75, 3.05) is 26.2 Å². The van der Waals surface area contributed by atoms with Gasteiger partial charge in [0, 0.05) is 38.0 Å². The standard InChI is InChI=1S/C22H30F2N2O/c23-19-7-6-18(12-20(19)24)14-25-10-3-8-22(15-25)9-11-26(16-22)21(27)13-17-4-1-2-5-17/h6-7,12,17H,1-5,8-11,13-16H2. The Hall–Kier alpha value is -1.49. The number of amides is 1. The summed E-state index contributed by atoms with van der Waals surface area (Å²) in [7, 11) is 0. The number of carbonyl (C=O) groups is 1. The van der Waals surface area contributed by atoms with Crippen molar-refractivity contribution in [1.82, 2.24) is 9.80 Å². The van der Waals surface area contributed by atoms with Gasteiger partial charge in [-0.15, -0.1) is 0 Å². The quantitative estimate of drug-likeness (QED) is 0.780. The fourth-order valence-electron chi connectivity index (χ4n) is 5.41. The van der Waals surface area contributed by atoms with Gasteiger partial charge in [0.25, 0.3) is 0 Å². The van der Waals surface area contributed by atoms with Crippen LogP contribution in [0.2, 0.25) is 0 Å². The number of rotatable bonds is 4. The molecule has 1 amide bonds. The second kappa shape index (κ2) is 7.86. The lowest BCUT2D eigenvalue weighted by molar-refractivity contribution is -0.131. The molecular formula is C22H30F2N2O. The highest BCUT2D eigenvalue weighted by Crippen LogP contribution is 2.40. The number of hydrogen-bond donors (Lipinski definition) is 0. The Labute approximate surface area is 160 Å². The number of halogens is 2. The average Bonchev–Trinajstić information content (AvgIpc) is 3.29. The van der Waals surface area contributed by atoms with Gasteiger partial charge in [0.2, 0.25) is 5.91 Å². The summed E-state index contributed by atoms with van der Waals surface area (Å²) in [5.41, 5.74) is 1.00. The van der Waals surface area contributed by atoms with Crippen LogP contribution in [0.3, 0.4) is 0 Å². The molecule has 0 bridgehead atoms. The minimum absolute atomic E-state index is 0.183. The van der Waals surface area contributed by atoms with E-state index in [0.29, 0.717) is 18.4 Å². The van der Waals surface area contributed by atoms with Crippen molar-refractivity contribution in [2.24, 2.45) is 11.3 Å². The average molecular weight is 376 g/mol. The molecule has 1 spiro atoms. The van der Waals surface area contributed by atoms with E-state index in [0.717, 1.165) is 57.4 Å². The molecule has 148 valence electrons. The molecule has 2 aliphatic heterocycles. The smallest absolute Gasteiger partial charge is 0.222 e. The molecule has 3 aliphatic rings. The van der Waals surface area contributed by atoms with E-state index in [-0.39, 0.29) is 5.41 Å². The van der Waals surface area contributed by atoms with Crippen LogP contribution in [-0.2, 0) is 11.3 Å². The van der Waals surface area contributed by atoms with Crippen LogP contribution in [0.5, 0.6) is 0 Å². The lowest BCUT2D eigenvalue weighted by Gasteiger charge is -2.40. The van der Waals surface area contributed by atoms with Crippen LogP contribution >= 0.6 is 0 Å². The third kappa shape index (κ3) is 4.34. The van der Waals surface area contributed by atoms with Gasteiger partial charge in [0.1, 0.15) is 0 Å². The molecule has 27 heavy (non-hydrogen) atoms. The summed E-state index contributed by atoms with van der Waals surface area (Å²) >= 11 is 0.